The molecule has 0 nitrogen and oxygen atoms in total. The summed E-state index contributed by atoms with van der Waals surface area (Å²) in [6, 6.07) is 8.73. The van der Waals surface area contributed by atoms with Gasteiger partial charge in [0.05, 0.1) is 0 Å². The normalized spacial score (nSPS) is 12.2. The smallest absolute Gasteiger partial charge is 0.0345 e. The summed E-state index contributed by atoms with van der Waals surface area (Å²) in [6.07, 6.45) is 3.65. The van der Waals surface area contributed by atoms with E-state index in [9.17, 15) is 0 Å². The van der Waals surface area contributed by atoms with Crippen molar-refractivity contribution in [3.05, 3.63) is 35.2 Å². The van der Waals surface area contributed by atoms with Crippen LogP contribution in [-0.4, -0.2) is 10.7 Å². The molecule has 0 radical (unpaired) electrons. The van der Waals surface area contributed by atoms with Gasteiger partial charge in [-0.05, 0) is 40.7 Å². The zero-order chi connectivity index (χ0) is 13.0. The number of halogens is 2. The van der Waals surface area contributed by atoms with Gasteiger partial charge in [-0.3, -0.25) is 0 Å². The van der Waals surface area contributed by atoms with E-state index in [1.165, 1.54) is 28.5 Å². The van der Waals surface area contributed by atoms with E-state index in [0.717, 1.165) is 17.1 Å². The Kier molecular flexibility index (Phi) is 5.28. The molecule has 0 unspecified atom stereocenters. The molecule has 98 valence electrons. The quantitative estimate of drug-likeness (QED) is 0.529. The van der Waals surface area contributed by atoms with E-state index in [4.69, 9.17) is 0 Å². The molecule has 0 fully saturated rings. The van der Waals surface area contributed by atoms with Crippen LogP contribution in [0.3, 0.4) is 0 Å². The fraction of sp³-hybridized carbons (Fsp3) is 0.467. The fourth-order valence-electron chi connectivity index (χ4n) is 2.46. The number of alkyl halides is 2. The first-order valence-corrected chi connectivity index (χ1v) is 9.44. The maximum Gasteiger partial charge on any atom is 0.0345 e. The summed E-state index contributed by atoms with van der Waals surface area (Å²) in [7, 11) is 0. The molecule has 1 heterocycles. The van der Waals surface area contributed by atoms with Gasteiger partial charge < -0.3 is 0 Å². The Morgan fingerprint density at radius 2 is 1.89 bits per heavy atom. The van der Waals surface area contributed by atoms with E-state index in [1.54, 1.807) is 0 Å². The maximum absolute atomic E-state index is 3.72. The highest BCUT2D eigenvalue weighted by atomic mass is 79.9. The van der Waals surface area contributed by atoms with Gasteiger partial charge in [0.15, 0.2) is 0 Å². The van der Waals surface area contributed by atoms with Crippen LogP contribution >= 0.6 is 43.2 Å². The fourth-order valence-corrected chi connectivity index (χ4v) is 5.30. The summed E-state index contributed by atoms with van der Waals surface area (Å²) in [6.45, 7) is 2.27. The molecule has 0 bridgehead atoms. The molecule has 0 aliphatic carbocycles. The molecule has 0 amide bonds. The lowest BCUT2D eigenvalue weighted by Gasteiger charge is -2.29. The van der Waals surface area contributed by atoms with Crippen LogP contribution in [0.1, 0.15) is 25.3 Å². The van der Waals surface area contributed by atoms with Crippen molar-refractivity contribution in [3.8, 4) is 0 Å². The molecule has 1 aromatic carbocycles. The molecule has 0 aliphatic heterocycles. The SMILES string of the molecule is CCCC(CBr)(CBr)Cc1csc2ccccc12. The van der Waals surface area contributed by atoms with Crippen LogP contribution in [0, 0.1) is 5.41 Å². The van der Waals surface area contributed by atoms with Crippen LogP contribution in [0.5, 0.6) is 0 Å². The van der Waals surface area contributed by atoms with Crippen molar-refractivity contribution in [2.45, 2.75) is 26.2 Å². The second kappa shape index (κ2) is 6.53. The third kappa shape index (κ3) is 3.00. The van der Waals surface area contributed by atoms with Crippen LogP contribution in [0.2, 0.25) is 0 Å². The van der Waals surface area contributed by atoms with E-state index < -0.39 is 0 Å². The van der Waals surface area contributed by atoms with Crippen LogP contribution in [0.25, 0.3) is 10.1 Å². The molecule has 18 heavy (non-hydrogen) atoms. The Morgan fingerprint density at radius 3 is 2.56 bits per heavy atom. The largest absolute Gasteiger partial charge is 0.144 e. The lowest BCUT2D eigenvalue weighted by molar-refractivity contribution is 0.353. The number of fused-ring (bicyclic) bond motifs is 1. The summed E-state index contributed by atoms with van der Waals surface area (Å²) in [5.41, 5.74) is 1.85. The van der Waals surface area contributed by atoms with Gasteiger partial charge in [-0.15, -0.1) is 11.3 Å². The highest BCUT2D eigenvalue weighted by molar-refractivity contribution is 9.09. The average Bonchev–Trinajstić information content (AvgIpc) is 2.81. The standard InChI is InChI=1S/C15H18Br2S/c1-2-7-15(10-16,11-17)8-12-9-18-14-6-4-3-5-13(12)14/h3-6,9H,2,7-8,10-11H2,1H3. The summed E-state index contributed by atoms with van der Waals surface area (Å²) >= 11 is 9.30. The van der Waals surface area contributed by atoms with Crippen LogP contribution in [-0.2, 0) is 6.42 Å². The predicted octanol–water partition coefficient (Wildman–Crippen LogP) is 6.02. The Morgan fingerprint density at radius 1 is 1.17 bits per heavy atom. The Balaban J connectivity index is 2.31. The first-order chi connectivity index (χ1) is 8.74. The van der Waals surface area contributed by atoms with Crippen molar-refractivity contribution in [3.63, 3.8) is 0 Å². The molecule has 0 saturated carbocycles. The van der Waals surface area contributed by atoms with Crippen molar-refractivity contribution >= 4 is 53.3 Å². The zero-order valence-electron chi connectivity index (χ0n) is 10.6. The van der Waals surface area contributed by atoms with Crippen molar-refractivity contribution in [1.82, 2.24) is 0 Å². The third-order valence-corrected chi connectivity index (χ3v) is 6.87. The number of hydrogen-bond donors (Lipinski definition) is 0. The van der Waals surface area contributed by atoms with Gasteiger partial charge in [-0.25, -0.2) is 0 Å². The Bertz CT molecular complexity index is 500. The summed E-state index contributed by atoms with van der Waals surface area (Å²) < 4.78 is 1.40. The van der Waals surface area contributed by atoms with Gasteiger partial charge >= 0.3 is 0 Å². The van der Waals surface area contributed by atoms with Crippen LogP contribution < -0.4 is 0 Å². The maximum atomic E-state index is 3.72. The molecule has 0 aliphatic rings. The van der Waals surface area contributed by atoms with Crippen molar-refractivity contribution in [1.29, 1.82) is 0 Å². The van der Waals surface area contributed by atoms with Crippen molar-refractivity contribution in [2.75, 3.05) is 10.7 Å². The highest BCUT2D eigenvalue weighted by Gasteiger charge is 2.28. The predicted molar refractivity (Wildman–Crippen MR) is 90.5 cm³/mol. The topological polar surface area (TPSA) is 0 Å². The minimum absolute atomic E-state index is 0.346. The molecule has 0 spiro atoms. The summed E-state index contributed by atoms with van der Waals surface area (Å²) in [4.78, 5) is 0. The molecule has 2 rings (SSSR count). The number of benzene rings is 1. The Labute approximate surface area is 130 Å². The van der Waals surface area contributed by atoms with Crippen molar-refractivity contribution < 1.29 is 0 Å². The van der Waals surface area contributed by atoms with E-state index in [0.29, 0.717) is 5.41 Å². The first kappa shape index (κ1) is 14.5. The minimum atomic E-state index is 0.346. The van der Waals surface area contributed by atoms with E-state index in [2.05, 4.69) is 68.4 Å². The molecule has 1 aromatic heterocycles. The van der Waals surface area contributed by atoms with Crippen LogP contribution in [0.15, 0.2) is 29.6 Å². The number of rotatable bonds is 6. The van der Waals surface area contributed by atoms with Gasteiger partial charge in [0.2, 0.25) is 0 Å². The van der Waals surface area contributed by atoms with Gasteiger partial charge in [0, 0.05) is 15.4 Å². The van der Waals surface area contributed by atoms with E-state index >= 15 is 0 Å². The number of thiophene rings is 1. The average molecular weight is 390 g/mol. The lowest BCUT2D eigenvalue weighted by atomic mass is 9.81. The van der Waals surface area contributed by atoms with Gasteiger partial charge in [0.25, 0.3) is 0 Å². The monoisotopic (exact) mass is 388 g/mol. The van der Waals surface area contributed by atoms with Gasteiger partial charge in [0.1, 0.15) is 0 Å². The van der Waals surface area contributed by atoms with Crippen LogP contribution in [0.4, 0.5) is 0 Å². The van der Waals surface area contributed by atoms with E-state index in [-0.39, 0.29) is 0 Å². The molecular weight excluding hydrogens is 372 g/mol. The molecule has 2 aromatic rings. The summed E-state index contributed by atoms with van der Waals surface area (Å²) in [5.74, 6) is 0. The molecule has 0 atom stereocenters. The van der Waals surface area contributed by atoms with Crippen molar-refractivity contribution in [2.24, 2.45) is 5.41 Å². The van der Waals surface area contributed by atoms with Gasteiger partial charge in [-0.2, -0.15) is 0 Å². The van der Waals surface area contributed by atoms with E-state index in [1.807, 2.05) is 11.3 Å². The first-order valence-electron chi connectivity index (χ1n) is 6.32. The number of hydrogen-bond acceptors (Lipinski definition) is 1. The molecular formula is C15H18Br2S. The third-order valence-electron chi connectivity index (χ3n) is 3.47. The second-order valence-electron chi connectivity index (χ2n) is 4.95. The highest BCUT2D eigenvalue weighted by Crippen LogP contribution is 2.37. The zero-order valence-corrected chi connectivity index (χ0v) is 14.6. The second-order valence-corrected chi connectivity index (χ2v) is 6.98. The molecule has 3 heteroatoms. The summed E-state index contributed by atoms with van der Waals surface area (Å²) in [5, 5.41) is 5.89. The Hall–Kier alpha value is 0.140. The lowest BCUT2D eigenvalue weighted by Crippen LogP contribution is -2.27. The minimum Gasteiger partial charge on any atom is -0.144 e. The molecule has 0 N–H and O–H groups in total. The molecule has 0 saturated heterocycles. The van der Waals surface area contributed by atoms with Gasteiger partial charge in [-0.1, -0.05) is 63.4 Å².